The summed E-state index contributed by atoms with van der Waals surface area (Å²) in [5, 5.41) is 3.02. The fourth-order valence-electron chi connectivity index (χ4n) is 3.54. The molecular formula is C21H34N2O4S. The molecule has 158 valence electrons. The van der Waals surface area contributed by atoms with Crippen molar-refractivity contribution in [3.63, 3.8) is 0 Å². The fourth-order valence-corrected chi connectivity index (χ4v) is 4.95. The van der Waals surface area contributed by atoms with Crippen LogP contribution >= 0.6 is 0 Å². The summed E-state index contributed by atoms with van der Waals surface area (Å²) in [4.78, 5) is 12.6. The van der Waals surface area contributed by atoms with Gasteiger partial charge >= 0.3 is 0 Å². The molecule has 0 aliphatic heterocycles. The van der Waals surface area contributed by atoms with Crippen LogP contribution in [-0.4, -0.2) is 33.5 Å². The summed E-state index contributed by atoms with van der Waals surface area (Å²) in [6.07, 6.45) is 7.76. The molecule has 0 heterocycles. The summed E-state index contributed by atoms with van der Waals surface area (Å²) in [7, 11) is -2.45. The Labute approximate surface area is 169 Å². The van der Waals surface area contributed by atoms with E-state index in [4.69, 9.17) is 4.74 Å². The number of rotatable bonds is 7. The first-order chi connectivity index (χ1) is 13.2. The number of sulfonamides is 1. The highest BCUT2D eigenvalue weighted by Crippen LogP contribution is 2.28. The fraction of sp³-hybridized carbons (Fsp3) is 0.667. The van der Waals surface area contributed by atoms with E-state index in [9.17, 15) is 13.2 Å². The first kappa shape index (κ1) is 22.7. The smallest absolute Gasteiger partial charge is 0.244 e. The maximum absolute atomic E-state index is 12.9. The van der Waals surface area contributed by atoms with Crippen molar-refractivity contribution in [2.24, 2.45) is 0 Å². The summed E-state index contributed by atoms with van der Waals surface area (Å²) in [6, 6.07) is 4.39. The van der Waals surface area contributed by atoms with E-state index in [0.717, 1.165) is 31.2 Å². The molecule has 0 aromatic heterocycles. The van der Waals surface area contributed by atoms with E-state index in [-0.39, 0.29) is 28.5 Å². The van der Waals surface area contributed by atoms with Crippen molar-refractivity contribution in [1.82, 2.24) is 10.0 Å². The van der Waals surface area contributed by atoms with Crippen LogP contribution < -0.4 is 14.8 Å². The molecule has 0 bridgehead atoms. The van der Waals surface area contributed by atoms with E-state index in [1.165, 1.54) is 26.4 Å². The Bertz CT molecular complexity index is 754. The van der Waals surface area contributed by atoms with Crippen molar-refractivity contribution >= 4 is 15.9 Å². The summed E-state index contributed by atoms with van der Waals surface area (Å²) in [5.41, 5.74) is 0.896. The van der Waals surface area contributed by atoms with Crippen LogP contribution in [0.15, 0.2) is 23.1 Å². The molecule has 1 aromatic carbocycles. The van der Waals surface area contributed by atoms with Gasteiger partial charge in [0.2, 0.25) is 15.9 Å². The number of methoxy groups -OCH3 is 1. The minimum absolute atomic E-state index is 0.0619. The van der Waals surface area contributed by atoms with Gasteiger partial charge in [-0.25, -0.2) is 8.42 Å². The zero-order valence-electron chi connectivity index (χ0n) is 17.5. The first-order valence-electron chi connectivity index (χ1n) is 10.2. The second-order valence-electron chi connectivity index (χ2n) is 7.96. The van der Waals surface area contributed by atoms with Gasteiger partial charge in [-0.1, -0.05) is 52.0 Å². The number of hydrogen-bond acceptors (Lipinski definition) is 4. The lowest BCUT2D eigenvalue weighted by Gasteiger charge is -2.23. The van der Waals surface area contributed by atoms with Gasteiger partial charge in [-0.15, -0.1) is 0 Å². The van der Waals surface area contributed by atoms with E-state index in [0.29, 0.717) is 0 Å². The van der Waals surface area contributed by atoms with Crippen LogP contribution in [0.1, 0.15) is 77.2 Å². The van der Waals surface area contributed by atoms with Gasteiger partial charge in [0.25, 0.3) is 0 Å². The van der Waals surface area contributed by atoms with Crippen LogP contribution in [0.5, 0.6) is 5.75 Å². The van der Waals surface area contributed by atoms with Crippen molar-refractivity contribution in [3.05, 3.63) is 23.8 Å². The molecule has 1 aliphatic rings. The molecule has 28 heavy (non-hydrogen) atoms. The number of hydrogen-bond donors (Lipinski definition) is 2. The van der Waals surface area contributed by atoms with Crippen LogP contribution in [0.25, 0.3) is 0 Å². The van der Waals surface area contributed by atoms with Gasteiger partial charge in [-0.05, 0) is 43.4 Å². The lowest BCUT2D eigenvalue weighted by atomic mass is 9.96. The number of carbonyl (C=O) groups is 1. The van der Waals surface area contributed by atoms with Crippen LogP contribution in [0.2, 0.25) is 0 Å². The Kier molecular flexibility index (Phi) is 8.31. The monoisotopic (exact) mass is 410 g/mol. The second-order valence-corrected chi connectivity index (χ2v) is 9.64. The maximum Gasteiger partial charge on any atom is 0.244 e. The molecular weight excluding hydrogens is 376 g/mol. The normalized spacial score (nSPS) is 17.6. The quantitative estimate of drug-likeness (QED) is 0.718. The molecule has 0 radical (unpaired) electrons. The highest BCUT2D eigenvalue weighted by Gasteiger charge is 2.27. The Morgan fingerprint density at radius 3 is 2.25 bits per heavy atom. The topological polar surface area (TPSA) is 84.5 Å². The van der Waals surface area contributed by atoms with E-state index >= 15 is 0 Å². The minimum atomic E-state index is -3.89. The number of benzene rings is 1. The molecule has 1 saturated carbocycles. The molecule has 1 atom stereocenters. The van der Waals surface area contributed by atoms with Gasteiger partial charge < -0.3 is 10.1 Å². The van der Waals surface area contributed by atoms with Gasteiger partial charge in [0.05, 0.1) is 13.2 Å². The summed E-state index contributed by atoms with van der Waals surface area (Å²) in [6.45, 7) is 5.57. The molecule has 6 nitrogen and oxygen atoms in total. The lowest BCUT2D eigenvalue weighted by molar-refractivity contribution is -0.123. The highest BCUT2D eigenvalue weighted by atomic mass is 32.2. The SMILES string of the molecule is COc1ccc(C(C)C)cc1S(=O)(=O)NC(C)C(=O)NC1CCCCCCC1. The molecule has 1 amide bonds. The van der Waals surface area contributed by atoms with Gasteiger partial charge in [-0.3, -0.25) is 4.79 Å². The van der Waals surface area contributed by atoms with Gasteiger partial charge in [0.1, 0.15) is 10.6 Å². The van der Waals surface area contributed by atoms with Crippen molar-refractivity contribution in [1.29, 1.82) is 0 Å². The maximum atomic E-state index is 12.9. The van der Waals surface area contributed by atoms with Crippen LogP contribution in [0, 0.1) is 0 Å². The van der Waals surface area contributed by atoms with E-state index in [1.54, 1.807) is 19.1 Å². The number of amides is 1. The molecule has 1 unspecified atom stereocenters. The first-order valence-corrected chi connectivity index (χ1v) is 11.7. The molecule has 2 N–H and O–H groups in total. The predicted octanol–water partition coefficient (Wildman–Crippen LogP) is 3.71. The molecule has 1 aliphatic carbocycles. The van der Waals surface area contributed by atoms with E-state index < -0.39 is 16.1 Å². The van der Waals surface area contributed by atoms with Crippen LogP contribution in [-0.2, 0) is 14.8 Å². The summed E-state index contributed by atoms with van der Waals surface area (Å²) >= 11 is 0. The predicted molar refractivity (Wildman–Crippen MR) is 111 cm³/mol. The van der Waals surface area contributed by atoms with Crippen molar-refractivity contribution in [2.45, 2.75) is 88.6 Å². The van der Waals surface area contributed by atoms with E-state index in [1.807, 2.05) is 19.9 Å². The highest BCUT2D eigenvalue weighted by molar-refractivity contribution is 7.89. The third-order valence-electron chi connectivity index (χ3n) is 5.32. The molecule has 0 spiro atoms. The molecule has 0 saturated heterocycles. The van der Waals surface area contributed by atoms with Crippen molar-refractivity contribution in [3.8, 4) is 5.75 Å². The lowest BCUT2D eigenvalue weighted by Crippen LogP contribution is -2.48. The zero-order valence-corrected chi connectivity index (χ0v) is 18.3. The molecule has 2 rings (SSSR count). The summed E-state index contributed by atoms with van der Waals surface area (Å²) in [5.74, 6) is 0.164. The Balaban J connectivity index is 2.10. The van der Waals surface area contributed by atoms with Gasteiger partial charge in [-0.2, -0.15) is 4.72 Å². The second kappa shape index (κ2) is 10.3. The Morgan fingerprint density at radius 2 is 1.68 bits per heavy atom. The van der Waals surface area contributed by atoms with Crippen molar-refractivity contribution in [2.75, 3.05) is 7.11 Å². The number of nitrogens with one attached hydrogen (secondary N) is 2. The number of ether oxygens (including phenoxy) is 1. The van der Waals surface area contributed by atoms with Gasteiger partial charge in [0, 0.05) is 6.04 Å². The largest absolute Gasteiger partial charge is 0.495 e. The minimum Gasteiger partial charge on any atom is -0.495 e. The number of carbonyl (C=O) groups excluding carboxylic acids is 1. The average Bonchev–Trinajstić information content (AvgIpc) is 2.62. The molecule has 7 heteroatoms. The van der Waals surface area contributed by atoms with Crippen LogP contribution in [0.3, 0.4) is 0 Å². The summed E-state index contributed by atoms with van der Waals surface area (Å²) < 4.78 is 33.6. The van der Waals surface area contributed by atoms with Crippen molar-refractivity contribution < 1.29 is 17.9 Å². The Hall–Kier alpha value is -1.60. The standard InChI is InChI=1S/C21H34N2O4S/c1-15(2)17-12-13-19(27-4)20(14-17)28(25,26)23-16(3)21(24)22-18-10-8-6-5-7-9-11-18/h12-16,18,23H,5-11H2,1-4H3,(H,22,24). The molecule has 1 aromatic rings. The average molecular weight is 411 g/mol. The van der Waals surface area contributed by atoms with Gasteiger partial charge in [0.15, 0.2) is 0 Å². The van der Waals surface area contributed by atoms with E-state index in [2.05, 4.69) is 10.0 Å². The Morgan fingerprint density at radius 1 is 1.07 bits per heavy atom. The third-order valence-corrected chi connectivity index (χ3v) is 6.88. The molecule has 1 fully saturated rings. The van der Waals surface area contributed by atoms with Crippen LogP contribution in [0.4, 0.5) is 0 Å². The zero-order chi connectivity index (χ0) is 20.7. The third kappa shape index (κ3) is 6.21.